The van der Waals surface area contributed by atoms with Gasteiger partial charge in [-0.15, -0.1) is 0 Å². The predicted octanol–water partition coefficient (Wildman–Crippen LogP) is -0.478. The van der Waals surface area contributed by atoms with Gasteiger partial charge >= 0.3 is 0 Å². The minimum atomic E-state index is -1.75. The fourth-order valence-corrected chi connectivity index (χ4v) is 0. The fraction of sp³-hybridized carbons (Fsp3) is 0. The Morgan fingerprint density at radius 1 is 0.800 bits per heavy atom. The van der Waals surface area contributed by atoms with Crippen molar-refractivity contribution < 1.29 is 91.9 Å². The summed E-state index contributed by atoms with van der Waals surface area (Å²) in [6.45, 7) is 0. The molecule has 10 heavy (non-hydrogen) atoms. The Hall–Kier alpha value is 1.10. The van der Waals surface area contributed by atoms with E-state index in [0.29, 0.717) is 0 Å². The summed E-state index contributed by atoms with van der Waals surface area (Å²) in [6.07, 6.45) is 0. The van der Waals surface area contributed by atoms with Crippen molar-refractivity contribution in [1.82, 2.24) is 0 Å². The van der Waals surface area contributed by atoms with Crippen LogP contribution < -0.4 is 0 Å². The average molecular weight is 496 g/mol. The van der Waals surface area contributed by atoms with E-state index in [1.54, 1.807) is 0 Å². The maximum atomic E-state index is 8.25. The molecule has 0 unspecified atom stereocenters. The van der Waals surface area contributed by atoms with Gasteiger partial charge in [0.1, 0.15) is 0 Å². The Labute approximate surface area is 120 Å². The van der Waals surface area contributed by atoms with Crippen LogP contribution in [-0.2, 0) is 0 Å². The first kappa shape index (κ1) is 22.5. The van der Waals surface area contributed by atoms with Gasteiger partial charge in [-0.25, -0.2) is 0 Å². The number of nitrogens with zero attached hydrogens (tertiary/aromatic N) is 2. The number of rotatable bonds is 0. The van der Waals surface area contributed by atoms with Crippen LogP contribution in [0.1, 0.15) is 0 Å². The smallest absolute Gasteiger partial charge is 0.0689 e. The summed E-state index contributed by atoms with van der Waals surface area (Å²) in [5.41, 5.74) is 0. The Morgan fingerprint density at radius 3 is 0.800 bits per heavy atom. The van der Waals surface area contributed by atoms with Gasteiger partial charge in [0, 0.05) is 81.7 Å². The van der Waals surface area contributed by atoms with Gasteiger partial charge in [-0.2, -0.15) is 0 Å². The topological polar surface area (TPSA) is 132 Å². The van der Waals surface area contributed by atoms with Gasteiger partial charge in [0.25, 0.3) is 0 Å². The van der Waals surface area contributed by atoms with Crippen LogP contribution in [0.3, 0.4) is 0 Å². The molecule has 0 fully saturated rings. The van der Waals surface area contributed by atoms with E-state index in [9.17, 15) is 0 Å². The van der Waals surface area contributed by atoms with Crippen LogP contribution in [0.25, 0.3) is 0 Å². The minimum Gasteiger partial charge on any atom is -0.356 e. The molecule has 0 saturated heterocycles. The monoisotopic (exact) mass is 496 g/mol. The van der Waals surface area contributed by atoms with Crippen molar-refractivity contribution in [2.45, 2.75) is 0 Å². The molecule has 10 heteroatoms. The standard InChI is InChI=1S/Ce.2NO3.Th/c;2*2-1(3)4;/q;2*-1;. The molecule has 0 rings (SSSR count). The number of hydrogen-bond acceptors (Lipinski definition) is 6. The summed E-state index contributed by atoms with van der Waals surface area (Å²) in [5, 5.41) is 29.5. The molecule has 0 aromatic heterocycles. The van der Waals surface area contributed by atoms with Crippen molar-refractivity contribution in [3.05, 3.63) is 30.6 Å². The maximum absolute atomic E-state index is 8.25. The molecule has 0 aliphatic heterocycles. The van der Waals surface area contributed by atoms with Gasteiger partial charge in [-0.1, -0.05) is 0 Å². The van der Waals surface area contributed by atoms with Crippen molar-refractivity contribution in [2.75, 3.05) is 0 Å². The first-order valence-corrected chi connectivity index (χ1v) is 1.10. The van der Waals surface area contributed by atoms with E-state index in [2.05, 4.69) is 0 Å². The van der Waals surface area contributed by atoms with Gasteiger partial charge in [0.2, 0.25) is 0 Å². The van der Waals surface area contributed by atoms with Crippen LogP contribution >= 0.6 is 0 Å². The Bertz CT molecular complexity index is 73.7. The summed E-state index contributed by atoms with van der Waals surface area (Å²) >= 11 is 0. The molecule has 0 N–H and O–H groups in total. The first-order chi connectivity index (χ1) is 3.46. The molecule has 0 radical (unpaired) electrons. The second-order valence-electron chi connectivity index (χ2n) is 0.447. The fourth-order valence-electron chi connectivity index (χ4n) is 0. The molecular formula is CeN2O6Th-2. The average Bonchev–Trinajstić information content (AvgIpc) is 1.25. The van der Waals surface area contributed by atoms with Crippen LogP contribution in [0.2, 0.25) is 0 Å². The van der Waals surface area contributed by atoms with Gasteiger partial charge in [-0.3, -0.25) is 0 Å². The second kappa shape index (κ2) is 16.6. The molecule has 0 aliphatic rings. The van der Waals surface area contributed by atoms with E-state index in [1.165, 1.54) is 0 Å². The van der Waals surface area contributed by atoms with Crippen molar-refractivity contribution in [1.29, 1.82) is 0 Å². The van der Waals surface area contributed by atoms with Gasteiger partial charge in [0.05, 0.1) is 10.2 Å². The minimum absolute atomic E-state index is 0. The summed E-state index contributed by atoms with van der Waals surface area (Å²) in [5.74, 6) is 0. The van der Waals surface area contributed by atoms with Crippen molar-refractivity contribution in [3.8, 4) is 0 Å². The van der Waals surface area contributed by atoms with E-state index in [0.717, 1.165) is 0 Å². The molecule has 0 saturated carbocycles. The normalized spacial score (nSPS) is 4.80. The summed E-state index contributed by atoms with van der Waals surface area (Å²) in [7, 11) is 0. The SMILES string of the molecule is O=[N+]([O-])[O-].O=[N+]([O-])[O-].[Ce].[Th]. The van der Waals surface area contributed by atoms with Crippen LogP contribution in [0.4, 0.5) is 0 Å². The zero-order chi connectivity index (χ0) is 7.15. The van der Waals surface area contributed by atoms with Crippen LogP contribution in [0.15, 0.2) is 0 Å². The van der Waals surface area contributed by atoms with Crippen molar-refractivity contribution in [3.63, 3.8) is 0 Å². The van der Waals surface area contributed by atoms with Crippen LogP contribution in [0.5, 0.6) is 0 Å². The zero-order valence-corrected chi connectivity index (χ0v) is 11.6. The molecule has 0 aliphatic carbocycles. The van der Waals surface area contributed by atoms with E-state index in [-0.39, 0.29) is 81.7 Å². The van der Waals surface area contributed by atoms with Crippen molar-refractivity contribution in [2.24, 2.45) is 0 Å². The summed E-state index contributed by atoms with van der Waals surface area (Å²) in [4.78, 5) is 16.5. The van der Waals surface area contributed by atoms with Crippen LogP contribution in [0, 0.1) is 112 Å². The van der Waals surface area contributed by atoms with E-state index >= 15 is 0 Å². The van der Waals surface area contributed by atoms with Gasteiger partial charge in [0.15, 0.2) is 0 Å². The first-order valence-electron chi connectivity index (χ1n) is 1.10. The molecule has 56 valence electrons. The third-order valence-electron chi connectivity index (χ3n) is 0. The van der Waals surface area contributed by atoms with Gasteiger partial charge in [-0.05, 0) is 0 Å². The largest absolute Gasteiger partial charge is 0.356 e. The van der Waals surface area contributed by atoms with E-state index < -0.39 is 10.2 Å². The number of hydrogen-bond donors (Lipinski definition) is 0. The Morgan fingerprint density at radius 2 is 0.800 bits per heavy atom. The molecular weight excluding hydrogens is 496 g/mol. The third-order valence-corrected chi connectivity index (χ3v) is 0. The van der Waals surface area contributed by atoms with E-state index in [4.69, 9.17) is 30.6 Å². The van der Waals surface area contributed by atoms with Gasteiger partial charge < -0.3 is 30.6 Å². The quantitative estimate of drug-likeness (QED) is 0.329. The Balaban J connectivity index is -0.0000000300. The summed E-state index contributed by atoms with van der Waals surface area (Å²) in [6, 6.07) is 0. The van der Waals surface area contributed by atoms with E-state index in [1.807, 2.05) is 0 Å². The molecule has 0 bridgehead atoms. The zero-order valence-electron chi connectivity index (χ0n) is 4.34. The third kappa shape index (κ3) is 492. The van der Waals surface area contributed by atoms with Crippen molar-refractivity contribution >= 4 is 0 Å². The molecule has 0 aromatic rings. The molecule has 0 aromatic carbocycles. The molecule has 0 amide bonds. The molecule has 0 spiro atoms. The molecule has 0 heterocycles. The maximum Gasteiger partial charge on any atom is 0.0689 e. The van der Waals surface area contributed by atoms with Crippen LogP contribution in [-0.4, -0.2) is 10.2 Å². The predicted molar refractivity (Wildman–Crippen MR) is 20.7 cm³/mol. The molecule has 0 atom stereocenters. The second-order valence-corrected chi connectivity index (χ2v) is 0.447. The Kier molecular flexibility index (Phi) is 37.3. The summed E-state index contributed by atoms with van der Waals surface area (Å²) < 4.78 is 0. The molecule has 8 nitrogen and oxygen atoms in total.